The van der Waals surface area contributed by atoms with Crippen molar-refractivity contribution in [2.24, 2.45) is 0 Å². The molecule has 0 radical (unpaired) electrons. The number of carboxylic acids is 1. The highest BCUT2D eigenvalue weighted by Gasteiger charge is 2.39. The molecule has 1 saturated heterocycles. The second kappa shape index (κ2) is 5.67. The molecular formula is C13H15Cl2NO3. The number of benzene rings is 1. The molecule has 1 fully saturated rings. The number of aliphatic carboxylic acids is 1. The lowest BCUT2D eigenvalue weighted by Gasteiger charge is -2.47. The maximum Gasteiger partial charge on any atom is 0.329 e. The number of hydrogen-bond donors (Lipinski definition) is 1. The first-order valence-corrected chi connectivity index (χ1v) is 6.66. The third kappa shape index (κ3) is 3.83. The summed E-state index contributed by atoms with van der Waals surface area (Å²) in [7, 11) is 0. The highest BCUT2D eigenvalue weighted by Crippen LogP contribution is 2.28. The number of nitrogens with zero attached hydrogens (tertiary/aromatic N) is 1. The van der Waals surface area contributed by atoms with Crippen LogP contribution in [0.4, 0.5) is 0 Å². The maximum absolute atomic E-state index is 10.5. The van der Waals surface area contributed by atoms with Gasteiger partial charge in [0.2, 0.25) is 0 Å². The summed E-state index contributed by atoms with van der Waals surface area (Å²) in [6.07, 6.45) is 0. The summed E-state index contributed by atoms with van der Waals surface area (Å²) in [5, 5.41) is 9.68. The zero-order chi connectivity index (χ0) is 14.0. The van der Waals surface area contributed by atoms with Crippen molar-refractivity contribution in [2.45, 2.75) is 19.1 Å². The van der Waals surface area contributed by atoms with Crippen LogP contribution in [0.1, 0.15) is 12.5 Å². The number of ether oxygens (including phenoxy) is 1. The van der Waals surface area contributed by atoms with Gasteiger partial charge in [-0.05, 0) is 24.6 Å². The minimum Gasteiger partial charge on any atom is -0.480 e. The van der Waals surface area contributed by atoms with Crippen LogP contribution in [-0.4, -0.2) is 41.3 Å². The number of rotatable bonds is 5. The molecule has 1 aliphatic heterocycles. The van der Waals surface area contributed by atoms with Gasteiger partial charge in [-0.1, -0.05) is 29.3 Å². The molecule has 0 saturated carbocycles. The molecule has 4 nitrogen and oxygen atoms in total. The summed E-state index contributed by atoms with van der Waals surface area (Å²) < 4.78 is 5.35. The minimum absolute atomic E-state index is 0.253. The molecule has 0 aliphatic carbocycles. The van der Waals surface area contributed by atoms with Crippen LogP contribution in [0.5, 0.6) is 0 Å². The van der Waals surface area contributed by atoms with E-state index in [4.69, 9.17) is 33.0 Å². The molecule has 1 aliphatic rings. The Bertz CT molecular complexity index is 487. The van der Waals surface area contributed by atoms with E-state index >= 15 is 0 Å². The van der Waals surface area contributed by atoms with Crippen LogP contribution in [-0.2, 0) is 16.1 Å². The standard InChI is InChI=1S/C13H15Cl2NO3/c1-13(19-6-12(17)18)7-16(8-13)5-9-2-3-10(14)11(15)4-9/h2-4H,5-8H2,1H3,(H,17,18). The molecule has 6 heteroatoms. The van der Waals surface area contributed by atoms with Gasteiger partial charge in [-0.3, -0.25) is 4.90 Å². The highest BCUT2D eigenvalue weighted by molar-refractivity contribution is 6.42. The second-order valence-corrected chi connectivity index (χ2v) is 5.84. The molecule has 0 unspecified atom stereocenters. The molecule has 0 spiro atoms. The van der Waals surface area contributed by atoms with E-state index in [1.165, 1.54) is 0 Å². The third-order valence-electron chi connectivity index (χ3n) is 3.05. The first-order valence-electron chi connectivity index (χ1n) is 5.90. The fourth-order valence-corrected chi connectivity index (χ4v) is 2.56. The molecular weight excluding hydrogens is 289 g/mol. The summed E-state index contributed by atoms with van der Waals surface area (Å²) >= 11 is 11.8. The summed E-state index contributed by atoms with van der Waals surface area (Å²) in [5.41, 5.74) is 0.712. The Balaban J connectivity index is 1.84. The minimum atomic E-state index is -0.941. The van der Waals surface area contributed by atoms with Crippen molar-refractivity contribution in [1.29, 1.82) is 0 Å². The summed E-state index contributed by atoms with van der Waals surface area (Å²) in [5.74, 6) is -0.941. The Morgan fingerprint density at radius 3 is 2.68 bits per heavy atom. The molecule has 1 heterocycles. The third-order valence-corrected chi connectivity index (χ3v) is 3.79. The van der Waals surface area contributed by atoms with Crippen LogP contribution in [0.3, 0.4) is 0 Å². The van der Waals surface area contributed by atoms with Crippen LogP contribution >= 0.6 is 23.2 Å². The predicted octanol–water partition coefficient (Wildman–Crippen LogP) is 2.67. The fourth-order valence-electron chi connectivity index (χ4n) is 2.23. The van der Waals surface area contributed by atoms with E-state index in [0.717, 1.165) is 12.1 Å². The van der Waals surface area contributed by atoms with Crippen molar-refractivity contribution in [1.82, 2.24) is 4.90 Å². The van der Waals surface area contributed by atoms with E-state index in [2.05, 4.69) is 4.90 Å². The number of halogens is 2. The van der Waals surface area contributed by atoms with Crippen molar-refractivity contribution in [2.75, 3.05) is 19.7 Å². The van der Waals surface area contributed by atoms with Gasteiger partial charge < -0.3 is 9.84 Å². The summed E-state index contributed by atoms with van der Waals surface area (Å²) in [6, 6.07) is 5.55. The van der Waals surface area contributed by atoms with Gasteiger partial charge >= 0.3 is 5.97 Å². The SMILES string of the molecule is CC1(OCC(=O)O)CN(Cc2ccc(Cl)c(Cl)c2)C1. The molecule has 104 valence electrons. The Morgan fingerprint density at radius 2 is 2.11 bits per heavy atom. The normalized spacial score (nSPS) is 18.1. The van der Waals surface area contributed by atoms with Crippen LogP contribution in [0.2, 0.25) is 10.0 Å². The molecule has 19 heavy (non-hydrogen) atoms. The average molecular weight is 304 g/mol. The van der Waals surface area contributed by atoms with E-state index in [1.54, 1.807) is 6.07 Å². The smallest absolute Gasteiger partial charge is 0.329 e. The lowest BCUT2D eigenvalue weighted by molar-refractivity contribution is -0.165. The first kappa shape index (κ1) is 14.6. The predicted molar refractivity (Wildman–Crippen MR) is 73.7 cm³/mol. The van der Waals surface area contributed by atoms with Crippen molar-refractivity contribution < 1.29 is 14.6 Å². The molecule has 1 N–H and O–H groups in total. The zero-order valence-electron chi connectivity index (χ0n) is 10.5. The summed E-state index contributed by atoms with van der Waals surface area (Å²) in [6.45, 7) is 3.84. The van der Waals surface area contributed by atoms with Gasteiger partial charge in [0.15, 0.2) is 0 Å². The topological polar surface area (TPSA) is 49.8 Å². The van der Waals surface area contributed by atoms with Crippen LogP contribution in [0.25, 0.3) is 0 Å². The van der Waals surface area contributed by atoms with Crippen molar-refractivity contribution in [3.05, 3.63) is 33.8 Å². The van der Waals surface area contributed by atoms with Gasteiger partial charge in [-0.15, -0.1) is 0 Å². The number of likely N-dealkylation sites (tertiary alicyclic amines) is 1. The van der Waals surface area contributed by atoms with E-state index in [1.807, 2.05) is 19.1 Å². The molecule has 1 aromatic carbocycles. The average Bonchev–Trinajstić information content (AvgIpc) is 2.29. The lowest BCUT2D eigenvalue weighted by atomic mass is 9.95. The number of carboxylic acid groups (broad SMARTS) is 1. The van der Waals surface area contributed by atoms with Gasteiger partial charge in [0, 0.05) is 19.6 Å². The van der Waals surface area contributed by atoms with E-state index in [0.29, 0.717) is 23.1 Å². The molecule has 0 amide bonds. The number of carbonyl (C=O) groups is 1. The van der Waals surface area contributed by atoms with Crippen LogP contribution in [0, 0.1) is 0 Å². The Labute approximate surface area is 121 Å². The van der Waals surface area contributed by atoms with Crippen molar-refractivity contribution in [3.63, 3.8) is 0 Å². The van der Waals surface area contributed by atoms with Crippen LogP contribution in [0.15, 0.2) is 18.2 Å². The van der Waals surface area contributed by atoms with Gasteiger partial charge in [-0.2, -0.15) is 0 Å². The largest absolute Gasteiger partial charge is 0.480 e. The fraction of sp³-hybridized carbons (Fsp3) is 0.462. The Kier molecular flexibility index (Phi) is 4.36. The van der Waals surface area contributed by atoms with E-state index in [9.17, 15) is 4.79 Å². The summed E-state index contributed by atoms with van der Waals surface area (Å²) in [4.78, 5) is 12.6. The first-order chi connectivity index (χ1) is 8.88. The molecule has 1 aromatic rings. The zero-order valence-corrected chi connectivity index (χ0v) is 12.0. The van der Waals surface area contributed by atoms with Gasteiger partial charge in [0.1, 0.15) is 6.61 Å². The number of hydrogen-bond acceptors (Lipinski definition) is 3. The second-order valence-electron chi connectivity index (χ2n) is 5.03. The van der Waals surface area contributed by atoms with Crippen molar-refractivity contribution >= 4 is 29.2 Å². The molecule has 0 atom stereocenters. The lowest BCUT2D eigenvalue weighted by Crippen LogP contribution is -2.61. The Hall–Kier alpha value is -0.810. The monoisotopic (exact) mass is 303 g/mol. The maximum atomic E-state index is 10.5. The van der Waals surface area contributed by atoms with Crippen molar-refractivity contribution in [3.8, 4) is 0 Å². The van der Waals surface area contributed by atoms with Gasteiger partial charge in [0.25, 0.3) is 0 Å². The van der Waals surface area contributed by atoms with Gasteiger partial charge in [0.05, 0.1) is 15.6 Å². The molecule has 0 aromatic heterocycles. The van der Waals surface area contributed by atoms with Crippen LogP contribution < -0.4 is 0 Å². The highest BCUT2D eigenvalue weighted by atomic mass is 35.5. The quantitative estimate of drug-likeness (QED) is 0.908. The van der Waals surface area contributed by atoms with E-state index in [-0.39, 0.29) is 12.2 Å². The molecule has 0 bridgehead atoms. The van der Waals surface area contributed by atoms with Gasteiger partial charge in [-0.25, -0.2) is 4.79 Å². The van der Waals surface area contributed by atoms with E-state index < -0.39 is 5.97 Å². The molecule has 2 rings (SSSR count). The Morgan fingerprint density at radius 1 is 1.42 bits per heavy atom.